The van der Waals surface area contributed by atoms with Crippen LogP contribution in [0.25, 0.3) is 0 Å². The second-order valence-electron chi connectivity index (χ2n) is 1.52. The molecule has 1 nitrogen and oxygen atoms in total. The van der Waals surface area contributed by atoms with E-state index in [1.807, 2.05) is 6.92 Å². The Morgan fingerprint density at radius 3 is 2.33 bits per heavy atom. The Kier molecular flexibility index (Phi) is 4.43. The molecule has 0 amide bonds. The molecule has 0 aromatic rings. The summed E-state index contributed by atoms with van der Waals surface area (Å²) < 4.78 is 1.30. The third-order valence-electron chi connectivity index (χ3n) is 0.600. The van der Waals surface area contributed by atoms with E-state index in [2.05, 4.69) is 0 Å². The molecule has 0 aliphatic rings. The van der Waals surface area contributed by atoms with Crippen LogP contribution in [0, 0.1) is 0 Å². The summed E-state index contributed by atoms with van der Waals surface area (Å²) in [6.07, 6.45) is 1.19. The molecule has 1 atom stereocenters. The van der Waals surface area contributed by atoms with Crippen LogP contribution in [0.2, 0.25) is 4.44 Å². The van der Waals surface area contributed by atoms with E-state index in [9.17, 15) is 0 Å². The third kappa shape index (κ3) is 4.76. The van der Waals surface area contributed by atoms with E-state index in [0.29, 0.717) is 6.04 Å². The van der Waals surface area contributed by atoms with Gasteiger partial charge in [-0.15, -0.1) is 0 Å². The van der Waals surface area contributed by atoms with E-state index >= 15 is 0 Å². The molecule has 0 spiro atoms. The molecule has 1 unspecified atom stereocenters. The summed E-state index contributed by atoms with van der Waals surface area (Å²) in [5, 5.41) is 0. The normalized spacial score (nSPS) is 14.5. The van der Waals surface area contributed by atoms with Gasteiger partial charge in [0.1, 0.15) is 0 Å². The minimum atomic E-state index is 0.421. The van der Waals surface area contributed by atoms with Crippen molar-refractivity contribution in [3.63, 3.8) is 0 Å². The van der Waals surface area contributed by atoms with E-state index in [0.717, 1.165) is 0 Å². The molecular formula is C4H10NSn. The molecule has 0 aliphatic heterocycles. The van der Waals surface area contributed by atoms with Gasteiger partial charge in [-0.25, -0.2) is 0 Å². The number of hydrogen-bond acceptors (Lipinski definition) is 1. The summed E-state index contributed by atoms with van der Waals surface area (Å²) in [6.45, 7) is 2.05. The molecule has 0 fully saturated rings. The van der Waals surface area contributed by atoms with Crippen molar-refractivity contribution in [3.05, 3.63) is 0 Å². The van der Waals surface area contributed by atoms with Crippen LogP contribution in [0.4, 0.5) is 0 Å². The molecule has 0 saturated heterocycles. The van der Waals surface area contributed by atoms with E-state index in [4.69, 9.17) is 5.73 Å². The topological polar surface area (TPSA) is 26.0 Å². The van der Waals surface area contributed by atoms with Gasteiger partial charge in [-0.1, -0.05) is 0 Å². The second kappa shape index (κ2) is 3.93. The van der Waals surface area contributed by atoms with Gasteiger partial charge in [0.15, 0.2) is 0 Å². The average molecular weight is 191 g/mol. The molecule has 0 saturated carbocycles. The quantitative estimate of drug-likeness (QED) is 0.624. The number of nitrogens with two attached hydrogens (primary N) is 1. The van der Waals surface area contributed by atoms with Crippen LogP contribution in [0.15, 0.2) is 0 Å². The molecular weight excluding hydrogens is 181 g/mol. The van der Waals surface area contributed by atoms with Crippen molar-refractivity contribution in [1.82, 2.24) is 0 Å². The van der Waals surface area contributed by atoms with Gasteiger partial charge in [0.25, 0.3) is 0 Å². The predicted molar refractivity (Wildman–Crippen MR) is 28.8 cm³/mol. The van der Waals surface area contributed by atoms with Crippen molar-refractivity contribution in [2.45, 2.75) is 23.8 Å². The molecule has 3 radical (unpaired) electrons. The fraction of sp³-hybridized carbons (Fsp3) is 1.00. The van der Waals surface area contributed by atoms with Crippen LogP contribution in [-0.2, 0) is 0 Å². The van der Waals surface area contributed by atoms with Gasteiger partial charge < -0.3 is 0 Å². The van der Waals surface area contributed by atoms with Crippen molar-refractivity contribution in [2.75, 3.05) is 0 Å². The van der Waals surface area contributed by atoms with Gasteiger partial charge in [0.2, 0.25) is 0 Å². The van der Waals surface area contributed by atoms with Gasteiger partial charge in [-0.05, 0) is 0 Å². The molecule has 0 rings (SSSR count). The summed E-state index contributed by atoms with van der Waals surface area (Å²) in [6, 6.07) is 0.421. The monoisotopic (exact) mass is 192 g/mol. The van der Waals surface area contributed by atoms with Gasteiger partial charge in [-0.3, -0.25) is 0 Å². The first kappa shape index (κ1) is 6.76. The second-order valence-corrected chi connectivity index (χ2v) is 2.94. The van der Waals surface area contributed by atoms with Gasteiger partial charge in [0, 0.05) is 0 Å². The Morgan fingerprint density at radius 2 is 2.33 bits per heavy atom. The van der Waals surface area contributed by atoms with E-state index in [1.54, 1.807) is 22.5 Å². The van der Waals surface area contributed by atoms with Crippen molar-refractivity contribution >= 4 is 22.5 Å². The first-order valence-electron chi connectivity index (χ1n) is 2.17. The zero-order valence-corrected chi connectivity index (χ0v) is 6.92. The predicted octanol–water partition coefficient (Wildman–Crippen LogP) is 0.311. The molecule has 0 aliphatic carbocycles. The molecule has 0 aromatic heterocycles. The molecule has 0 bridgehead atoms. The fourth-order valence-electron chi connectivity index (χ4n) is 0.228. The Bertz CT molecular complexity index is 28.7. The summed E-state index contributed by atoms with van der Waals surface area (Å²) in [4.78, 5) is 0. The Hall–Kier alpha value is 0.759. The van der Waals surface area contributed by atoms with Crippen molar-refractivity contribution in [2.24, 2.45) is 5.73 Å². The van der Waals surface area contributed by atoms with Crippen LogP contribution in [-0.4, -0.2) is 28.6 Å². The summed E-state index contributed by atoms with van der Waals surface area (Å²) >= 11 is 1.60. The van der Waals surface area contributed by atoms with Crippen LogP contribution in [0.1, 0.15) is 13.3 Å². The van der Waals surface area contributed by atoms with E-state index < -0.39 is 0 Å². The molecule has 2 heteroatoms. The standard InChI is InChI=1S/C4H10N.Sn/c1-3-4(2)5;/h4H,1,3,5H2,2H3;. The van der Waals surface area contributed by atoms with Crippen LogP contribution < -0.4 is 5.73 Å². The molecule has 0 aromatic carbocycles. The first-order valence-corrected chi connectivity index (χ1v) is 4.19. The minimum absolute atomic E-state index is 0.421. The van der Waals surface area contributed by atoms with Crippen LogP contribution in [0.3, 0.4) is 0 Å². The average Bonchev–Trinajstić information content (AvgIpc) is 1.35. The maximum absolute atomic E-state index is 5.42. The maximum atomic E-state index is 5.42. The summed E-state index contributed by atoms with van der Waals surface area (Å²) in [5.74, 6) is 0. The van der Waals surface area contributed by atoms with Crippen molar-refractivity contribution < 1.29 is 0 Å². The molecule has 35 valence electrons. The Morgan fingerprint density at radius 1 is 1.83 bits per heavy atom. The first-order chi connectivity index (χ1) is 2.77. The van der Waals surface area contributed by atoms with Crippen molar-refractivity contribution in [3.8, 4) is 0 Å². The van der Waals surface area contributed by atoms with Gasteiger partial charge in [0.05, 0.1) is 0 Å². The van der Waals surface area contributed by atoms with Crippen LogP contribution >= 0.6 is 0 Å². The summed E-state index contributed by atoms with van der Waals surface area (Å²) in [7, 11) is 0. The number of rotatable bonds is 2. The van der Waals surface area contributed by atoms with Gasteiger partial charge in [-0.2, -0.15) is 0 Å². The summed E-state index contributed by atoms with van der Waals surface area (Å²) in [5.41, 5.74) is 5.42. The van der Waals surface area contributed by atoms with E-state index in [-0.39, 0.29) is 0 Å². The molecule has 0 heterocycles. The van der Waals surface area contributed by atoms with Crippen LogP contribution in [0.5, 0.6) is 0 Å². The molecule has 6 heavy (non-hydrogen) atoms. The van der Waals surface area contributed by atoms with E-state index in [1.165, 1.54) is 10.9 Å². The fourth-order valence-corrected chi connectivity index (χ4v) is 1.53. The Labute approximate surface area is 52.4 Å². The Balaban J connectivity index is 2.63. The number of hydrogen-bond donors (Lipinski definition) is 1. The molecule has 2 N–H and O–H groups in total. The SMILES string of the molecule is CC(N)C[CH2][Sn]. The van der Waals surface area contributed by atoms with Crippen molar-refractivity contribution in [1.29, 1.82) is 0 Å². The van der Waals surface area contributed by atoms with Gasteiger partial charge >= 0.3 is 52.1 Å². The zero-order chi connectivity index (χ0) is 4.99. The zero-order valence-electron chi connectivity index (χ0n) is 4.07. The third-order valence-corrected chi connectivity index (χ3v) is 1.42.